The van der Waals surface area contributed by atoms with Crippen LogP contribution in [0.1, 0.15) is 46.5 Å². The summed E-state index contributed by atoms with van der Waals surface area (Å²) in [6, 6.07) is 3.90. The number of pyridine rings is 1. The molecule has 1 aromatic rings. The van der Waals surface area contributed by atoms with Gasteiger partial charge in [0.05, 0.1) is 6.10 Å². The zero-order valence-corrected chi connectivity index (χ0v) is 11.0. The maximum Gasteiger partial charge on any atom is 0.169 e. The summed E-state index contributed by atoms with van der Waals surface area (Å²) in [5, 5.41) is 3.58. The van der Waals surface area contributed by atoms with E-state index in [1.165, 1.54) is 19.3 Å². The SMILES string of the molecule is CCC1(Nc2ncccc2OC(C)C)CCC1. The van der Waals surface area contributed by atoms with Crippen LogP contribution >= 0.6 is 0 Å². The monoisotopic (exact) mass is 234 g/mol. The van der Waals surface area contributed by atoms with Crippen molar-refractivity contribution in [2.24, 2.45) is 0 Å². The Labute approximate surface area is 104 Å². The van der Waals surface area contributed by atoms with Crippen LogP contribution in [0.4, 0.5) is 5.82 Å². The third-order valence-corrected chi connectivity index (χ3v) is 3.50. The molecule has 1 saturated carbocycles. The van der Waals surface area contributed by atoms with E-state index in [0.717, 1.165) is 18.0 Å². The van der Waals surface area contributed by atoms with Gasteiger partial charge < -0.3 is 10.1 Å². The van der Waals surface area contributed by atoms with E-state index in [2.05, 4.69) is 17.2 Å². The maximum atomic E-state index is 5.78. The highest BCUT2D eigenvalue weighted by atomic mass is 16.5. The Bertz CT molecular complexity index is 367. The molecule has 0 bridgehead atoms. The molecule has 0 unspecified atom stereocenters. The average Bonchev–Trinajstić information content (AvgIpc) is 2.25. The summed E-state index contributed by atoms with van der Waals surface area (Å²) in [6.45, 7) is 6.31. The van der Waals surface area contributed by atoms with Crippen LogP contribution in [0.3, 0.4) is 0 Å². The van der Waals surface area contributed by atoms with Gasteiger partial charge in [-0.3, -0.25) is 0 Å². The predicted octanol–water partition coefficient (Wildman–Crippen LogP) is 3.61. The van der Waals surface area contributed by atoms with Crippen molar-refractivity contribution in [3.63, 3.8) is 0 Å². The number of nitrogens with zero attached hydrogens (tertiary/aromatic N) is 1. The Morgan fingerprint density at radius 2 is 2.24 bits per heavy atom. The molecule has 0 spiro atoms. The molecule has 3 nitrogen and oxygen atoms in total. The van der Waals surface area contributed by atoms with E-state index in [4.69, 9.17) is 4.74 Å². The minimum absolute atomic E-state index is 0.179. The zero-order valence-electron chi connectivity index (χ0n) is 11.0. The number of hydrogen-bond donors (Lipinski definition) is 1. The van der Waals surface area contributed by atoms with Gasteiger partial charge in [-0.25, -0.2) is 4.98 Å². The van der Waals surface area contributed by atoms with Crippen LogP contribution in [-0.2, 0) is 0 Å². The first kappa shape index (κ1) is 12.2. The van der Waals surface area contributed by atoms with Crippen molar-refractivity contribution in [1.82, 2.24) is 4.98 Å². The lowest BCUT2D eigenvalue weighted by Gasteiger charge is -2.42. The van der Waals surface area contributed by atoms with Gasteiger partial charge in [-0.15, -0.1) is 0 Å². The van der Waals surface area contributed by atoms with Crippen LogP contribution in [0, 0.1) is 0 Å². The summed E-state index contributed by atoms with van der Waals surface area (Å²) in [6.07, 6.45) is 6.93. The van der Waals surface area contributed by atoms with Crippen molar-refractivity contribution >= 4 is 5.82 Å². The molecule has 2 rings (SSSR count). The Hall–Kier alpha value is -1.25. The molecule has 94 valence electrons. The Balaban J connectivity index is 2.14. The minimum Gasteiger partial charge on any atom is -0.487 e. The largest absolute Gasteiger partial charge is 0.487 e. The van der Waals surface area contributed by atoms with Gasteiger partial charge in [0.1, 0.15) is 0 Å². The molecule has 17 heavy (non-hydrogen) atoms. The number of ether oxygens (including phenoxy) is 1. The fraction of sp³-hybridized carbons (Fsp3) is 0.643. The second kappa shape index (κ2) is 4.94. The van der Waals surface area contributed by atoms with Gasteiger partial charge in [0, 0.05) is 11.7 Å². The molecule has 3 heteroatoms. The second-order valence-corrected chi connectivity index (χ2v) is 5.13. The van der Waals surface area contributed by atoms with E-state index in [1.807, 2.05) is 32.2 Å². The van der Waals surface area contributed by atoms with Crippen molar-refractivity contribution in [3.8, 4) is 5.75 Å². The molecule has 1 aliphatic rings. The van der Waals surface area contributed by atoms with E-state index in [9.17, 15) is 0 Å². The summed E-state index contributed by atoms with van der Waals surface area (Å²) < 4.78 is 5.78. The molecule has 1 aliphatic carbocycles. The van der Waals surface area contributed by atoms with Crippen LogP contribution in [0.15, 0.2) is 18.3 Å². The normalized spacial score (nSPS) is 17.6. The Kier molecular flexibility index (Phi) is 3.55. The quantitative estimate of drug-likeness (QED) is 0.845. The molecule has 0 aromatic carbocycles. The second-order valence-electron chi connectivity index (χ2n) is 5.13. The van der Waals surface area contributed by atoms with Crippen LogP contribution in [0.5, 0.6) is 5.75 Å². The number of anilines is 1. The fourth-order valence-corrected chi connectivity index (χ4v) is 2.26. The van der Waals surface area contributed by atoms with Gasteiger partial charge in [0.15, 0.2) is 11.6 Å². The number of aromatic nitrogens is 1. The summed E-state index contributed by atoms with van der Waals surface area (Å²) in [4.78, 5) is 4.41. The first-order valence-electron chi connectivity index (χ1n) is 6.55. The zero-order chi connectivity index (χ0) is 12.3. The van der Waals surface area contributed by atoms with E-state index in [1.54, 1.807) is 0 Å². The molecule has 0 radical (unpaired) electrons. The molecule has 0 aliphatic heterocycles. The molecule has 1 aromatic heterocycles. The fourth-order valence-electron chi connectivity index (χ4n) is 2.26. The van der Waals surface area contributed by atoms with Gasteiger partial charge in [-0.05, 0) is 51.7 Å². The van der Waals surface area contributed by atoms with Crippen LogP contribution in [0.2, 0.25) is 0 Å². The molecule has 1 fully saturated rings. The summed E-state index contributed by atoms with van der Waals surface area (Å²) >= 11 is 0. The van der Waals surface area contributed by atoms with Crippen molar-refractivity contribution in [3.05, 3.63) is 18.3 Å². The topological polar surface area (TPSA) is 34.2 Å². The van der Waals surface area contributed by atoms with Gasteiger partial charge >= 0.3 is 0 Å². The highest BCUT2D eigenvalue weighted by Crippen LogP contribution is 2.39. The standard InChI is InChI=1S/C14H22N2O/c1-4-14(8-6-9-14)16-13-12(17-11(2)3)7-5-10-15-13/h5,7,10-11H,4,6,8-9H2,1-3H3,(H,15,16). The summed E-state index contributed by atoms with van der Waals surface area (Å²) in [7, 11) is 0. The van der Waals surface area contributed by atoms with E-state index in [-0.39, 0.29) is 11.6 Å². The third kappa shape index (κ3) is 2.71. The lowest BCUT2D eigenvalue weighted by molar-refractivity contribution is 0.237. The molecule has 1 N–H and O–H groups in total. The third-order valence-electron chi connectivity index (χ3n) is 3.50. The summed E-state index contributed by atoms with van der Waals surface area (Å²) in [5.74, 6) is 1.75. The molecule has 0 saturated heterocycles. The number of hydrogen-bond acceptors (Lipinski definition) is 3. The summed E-state index contributed by atoms with van der Waals surface area (Å²) in [5.41, 5.74) is 0.253. The highest BCUT2D eigenvalue weighted by molar-refractivity contribution is 5.51. The van der Waals surface area contributed by atoms with Gasteiger partial charge in [0.25, 0.3) is 0 Å². The van der Waals surface area contributed by atoms with E-state index in [0.29, 0.717) is 0 Å². The van der Waals surface area contributed by atoms with E-state index < -0.39 is 0 Å². The highest BCUT2D eigenvalue weighted by Gasteiger charge is 2.35. The van der Waals surface area contributed by atoms with Crippen molar-refractivity contribution in [2.75, 3.05) is 5.32 Å². The predicted molar refractivity (Wildman–Crippen MR) is 70.5 cm³/mol. The van der Waals surface area contributed by atoms with Gasteiger partial charge in [0.2, 0.25) is 0 Å². The van der Waals surface area contributed by atoms with Gasteiger partial charge in [-0.1, -0.05) is 6.92 Å². The maximum absolute atomic E-state index is 5.78. The molecular formula is C14H22N2O. The number of rotatable bonds is 5. The van der Waals surface area contributed by atoms with Crippen LogP contribution in [0.25, 0.3) is 0 Å². The van der Waals surface area contributed by atoms with Crippen LogP contribution < -0.4 is 10.1 Å². The first-order valence-corrected chi connectivity index (χ1v) is 6.55. The lowest BCUT2D eigenvalue weighted by Crippen LogP contribution is -2.44. The lowest BCUT2D eigenvalue weighted by atomic mass is 9.75. The molecule has 0 atom stereocenters. The first-order chi connectivity index (χ1) is 8.15. The van der Waals surface area contributed by atoms with Gasteiger partial charge in [-0.2, -0.15) is 0 Å². The Morgan fingerprint density at radius 3 is 2.76 bits per heavy atom. The van der Waals surface area contributed by atoms with Crippen LogP contribution in [-0.4, -0.2) is 16.6 Å². The minimum atomic E-state index is 0.179. The van der Waals surface area contributed by atoms with Crippen molar-refractivity contribution in [1.29, 1.82) is 0 Å². The molecular weight excluding hydrogens is 212 g/mol. The molecule has 0 amide bonds. The van der Waals surface area contributed by atoms with Crippen molar-refractivity contribution in [2.45, 2.75) is 58.1 Å². The number of nitrogens with one attached hydrogen (secondary N) is 1. The van der Waals surface area contributed by atoms with Crippen molar-refractivity contribution < 1.29 is 4.74 Å². The molecule has 1 heterocycles. The van der Waals surface area contributed by atoms with E-state index >= 15 is 0 Å². The smallest absolute Gasteiger partial charge is 0.169 e. The average molecular weight is 234 g/mol. The Morgan fingerprint density at radius 1 is 1.47 bits per heavy atom.